The second-order valence-electron chi connectivity index (χ2n) is 7.85. The highest BCUT2D eigenvalue weighted by Crippen LogP contribution is 2.63. The van der Waals surface area contributed by atoms with Crippen LogP contribution in [-0.2, 0) is 23.8 Å². The minimum Gasteiger partial charge on any atom is -0.497 e. The molecule has 6 nitrogen and oxygen atoms in total. The Kier molecular flexibility index (Phi) is 5.29. The fourth-order valence-electron chi connectivity index (χ4n) is 4.97. The molecule has 3 aromatic carbocycles. The Morgan fingerprint density at radius 2 is 1.33 bits per heavy atom. The Morgan fingerprint density at radius 1 is 0.788 bits per heavy atom. The first-order chi connectivity index (χ1) is 16.1. The molecular weight excluding hydrogens is 438 g/mol. The maximum Gasteiger partial charge on any atom is 0.339 e. The van der Waals surface area contributed by atoms with Gasteiger partial charge in [-0.15, -0.1) is 11.8 Å². The highest BCUT2D eigenvalue weighted by Gasteiger charge is 2.64. The summed E-state index contributed by atoms with van der Waals surface area (Å²) in [6.07, 6.45) is 0. The minimum atomic E-state index is -0.848. The molecule has 0 amide bonds. The lowest BCUT2D eigenvalue weighted by Crippen LogP contribution is -2.51. The van der Waals surface area contributed by atoms with Crippen LogP contribution in [-0.4, -0.2) is 44.7 Å². The molecule has 7 heteroatoms. The van der Waals surface area contributed by atoms with Crippen molar-refractivity contribution < 1.29 is 23.8 Å². The van der Waals surface area contributed by atoms with E-state index in [-0.39, 0.29) is 0 Å². The molecule has 33 heavy (non-hydrogen) atoms. The van der Waals surface area contributed by atoms with Gasteiger partial charge in [0.25, 0.3) is 0 Å². The Balaban J connectivity index is 1.79. The number of ether oxygens (including phenoxy) is 3. The lowest BCUT2D eigenvalue weighted by atomic mass is 9.87. The maximum atomic E-state index is 13.5. The maximum absolute atomic E-state index is 13.5. The number of rotatable bonds is 4. The third-order valence-corrected chi connectivity index (χ3v) is 8.03. The summed E-state index contributed by atoms with van der Waals surface area (Å²) in [5.74, 6) is -0.166. The number of methoxy groups -OCH3 is 3. The number of hydrogen-bond acceptors (Lipinski definition) is 7. The number of anilines is 1. The first kappa shape index (κ1) is 21.4. The van der Waals surface area contributed by atoms with Gasteiger partial charge < -0.3 is 19.1 Å². The predicted octanol–water partition coefficient (Wildman–Crippen LogP) is 4.21. The number of carbonyl (C=O) groups is 2. The van der Waals surface area contributed by atoms with Gasteiger partial charge in [-0.05, 0) is 46.5 Å². The van der Waals surface area contributed by atoms with Crippen molar-refractivity contribution >= 4 is 29.4 Å². The molecule has 2 aliphatic rings. The van der Waals surface area contributed by atoms with Crippen LogP contribution in [0.4, 0.5) is 5.69 Å². The van der Waals surface area contributed by atoms with Gasteiger partial charge in [-0.2, -0.15) is 0 Å². The summed E-state index contributed by atoms with van der Waals surface area (Å²) in [7, 11) is 4.34. The number of thioether (sulfide) groups is 1. The second kappa shape index (κ2) is 8.15. The average Bonchev–Trinajstić information content (AvgIpc) is 3.38. The van der Waals surface area contributed by atoms with Crippen LogP contribution in [0.25, 0.3) is 11.1 Å². The van der Waals surface area contributed by atoms with E-state index in [4.69, 9.17) is 14.2 Å². The third-order valence-electron chi connectivity index (χ3n) is 6.36. The van der Waals surface area contributed by atoms with Crippen LogP contribution in [0.1, 0.15) is 11.1 Å². The number of hydrogen-bond donors (Lipinski definition) is 0. The van der Waals surface area contributed by atoms with Gasteiger partial charge in [-0.3, -0.25) is 0 Å². The molecule has 0 N–H and O–H groups in total. The lowest BCUT2D eigenvalue weighted by Gasteiger charge is -2.35. The van der Waals surface area contributed by atoms with E-state index in [0.717, 1.165) is 22.3 Å². The topological polar surface area (TPSA) is 65.1 Å². The molecule has 1 spiro atoms. The van der Waals surface area contributed by atoms with Gasteiger partial charge in [0, 0.05) is 5.69 Å². The van der Waals surface area contributed by atoms with Crippen LogP contribution in [0.2, 0.25) is 0 Å². The van der Waals surface area contributed by atoms with Crippen LogP contribution in [0.5, 0.6) is 5.75 Å². The van der Waals surface area contributed by atoms with Gasteiger partial charge in [0.2, 0.25) is 0 Å². The molecule has 1 fully saturated rings. The standard InChI is InChI=1S/C26H23NO5S/c1-30-17-14-12-16(13-15-17)27-22(24(28)31-2)26(33-23(27)25(29)32-3)20-10-6-4-8-18(20)19-9-5-7-11-21(19)26/h4-15,22-23H,1-3H3/t22-,23-/m0/s1. The fraction of sp³-hybridized carbons (Fsp3) is 0.231. The van der Waals surface area contributed by atoms with E-state index in [0.29, 0.717) is 11.4 Å². The third kappa shape index (κ3) is 3.03. The quantitative estimate of drug-likeness (QED) is 0.539. The SMILES string of the molecule is COC(=O)[C@@H]1N(c2ccc(OC)cc2)[C@H](C(=O)OC)SC12c1ccccc1-c1ccccc12. The molecule has 1 aliphatic heterocycles. The van der Waals surface area contributed by atoms with Crippen molar-refractivity contribution in [3.8, 4) is 16.9 Å². The summed E-state index contributed by atoms with van der Waals surface area (Å²) in [5.41, 5.74) is 4.77. The highest BCUT2D eigenvalue weighted by atomic mass is 32.2. The van der Waals surface area contributed by atoms with Gasteiger partial charge in [0.15, 0.2) is 11.4 Å². The largest absolute Gasteiger partial charge is 0.497 e. The molecule has 2 atom stereocenters. The summed E-state index contributed by atoms with van der Waals surface area (Å²) in [5, 5.41) is -0.758. The van der Waals surface area contributed by atoms with Crippen molar-refractivity contribution in [1.82, 2.24) is 0 Å². The number of esters is 2. The van der Waals surface area contributed by atoms with Crippen LogP contribution in [0.15, 0.2) is 72.8 Å². The van der Waals surface area contributed by atoms with E-state index in [2.05, 4.69) is 12.1 Å². The molecule has 168 valence electrons. The summed E-state index contributed by atoms with van der Waals surface area (Å²) in [6, 6.07) is 22.6. The Bertz CT molecular complexity index is 1180. The van der Waals surface area contributed by atoms with Crippen LogP contribution in [0.3, 0.4) is 0 Å². The van der Waals surface area contributed by atoms with Crippen molar-refractivity contribution in [3.63, 3.8) is 0 Å². The lowest BCUT2D eigenvalue weighted by molar-refractivity contribution is -0.143. The first-order valence-electron chi connectivity index (χ1n) is 10.5. The molecule has 0 radical (unpaired) electrons. The minimum absolute atomic E-state index is 0.420. The van der Waals surface area contributed by atoms with Crippen LogP contribution in [0, 0.1) is 0 Å². The molecule has 1 saturated heterocycles. The van der Waals surface area contributed by atoms with Crippen molar-refractivity contribution in [2.24, 2.45) is 0 Å². The molecule has 1 aliphatic carbocycles. The van der Waals surface area contributed by atoms with E-state index < -0.39 is 28.1 Å². The summed E-state index contributed by atoms with van der Waals surface area (Å²) < 4.78 is 15.0. The van der Waals surface area contributed by atoms with Crippen LogP contribution < -0.4 is 9.64 Å². The highest BCUT2D eigenvalue weighted by molar-refractivity contribution is 8.02. The van der Waals surface area contributed by atoms with Crippen molar-refractivity contribution in [2.75, 3.05) is 26.2 Å². The van der Waals surface area contributed by atoms with Gasteiger partial charge in [0.05, 0.1) is 21.3 Å². The Morgan fingerprint density at radius 3 is 1.85 bits per heavy atom. The van der Waals surface area contributed by atoms with E-state index >= 15 is 0 Å². The average molecular weight is 462 g/mol. The van der Waals surface area contributed by atoms with E-state index in [9.17, 15) is 9.59 Å². The molecular formula is C26H23NO5S. The molecule has 0 saturated carbocycles. The van der Waals surface area contributed by atoms with Gasteiger partial charge in [0.1, 0.15) is 10.5 Å². The summed E-state index contributed by atoms with van der Waals surface area (Å²) >= 11 is 1.42. The van der Waals surface area contributed by atoms with Gasteiger partial charge in [-0.1, -0.05) is 48.5 Å². The molecule has 5 rings (SSSR count). The molecule has 3 aromatic rings. The Hall–Kier alpha value is -3.45. The molecule has 0 aromatic heterocycles. The van der Waals surface area contributed by atoms with E-state index in [1.165, 1.54) is 26.0 Å². The van der Waals surface area contributed by atoms with Crippen molar-refractivity contribution in [3.05, 3.63) is 83.9 Å². The molecule has 1 heterocycles. The van der Waals surface area contributed by atoms with Crippen molar-refractivity contribution in [2.45, 2.75) is 16.2 Å². The first-order valence-corrected chi connectivity index (χ1v) is 11.4. The summed E-state index contributed by atoms with van der Waals surface area (Å²) in [4.78, 5) is 28.4. The van der Waals surface area contributed by atoms with Gasteiger partial charge in [-0.25, -0.2) is 9.59 Å². The van der Waals surface area contributed by atoms with E-state index in [1.807, 2.05) is 65.6 Å². The second-order valence-corrected chi connectivity index (χ2v) is 9.18. The zero-order valence-electron chi connectivity index (χ0n) is 18.5. The number of nitrogens with zero attached hydrogens (tertiary/aromatic N) is 1. The zero-order valence-corrected chi connectivity index (χ0v) is 19.3. The van der Waals surface area contributed by atoms with Crippen molar-refractivity contribution in [1.29, 1.82) is 0 Å². The predicted molar refractivity (Wildman–Crippen MR) is 127 cm³/mol. The fourth-order valence-corrected chi connectivity index (χ4v) is 6.82. The van der Waals surface area contributed by atoms with E-state index in [1.54, 1.807) is 7.11 Å². The van der Waals surface area contributed by atoms with Gasteiger partial charge >= 0.3 is 11.9 Å². The Labute approximate surface area is 196 Å². The zero-order chi connectivity index (χ0) is 23.2. The number of benzene rings is 3. The molecule has 0 bridgehead atoms. The number of carbonyl (C=O) groups excluding carboxylic acids is 2. The molecule has 0 unspecified atom stereocenters. The van der Waals surface area contributed by atoms with Crippen LogP contribution >= 0.6 is 11.8 Å². The normalized spacial score (nSPS) is 19.7. The smallest absolute Gasteiger partial charge is 0.339 e. The number of fused-ring (bicyclic) bond motifs is 5. The summed E-state index contributed by atoms with van der Waals surface area (Å²) in [6.45, 7) is 0. The monoisotopic (exact) mass is 461 g/mol.